The van der Waals surface area contributed by atoms with Crippen molar-refractivity contribution < 1.29 is 0 Å². The van der Waals surface area contributed by atoms with Crippen LogP contribution in [0.15, 0.2) is 4.99 Å². The molecule has 0 atom stereocenters. The predicted octanol–water partition coefficient (Wildman–Crippen LogP) is 2.07. The van der Waals surface area contributed by atoms with Gasteiger partial charge in [0, 0.05) is 26.7 Å². The van der Waals surface area contributed by atoms with Crippen molar-refractivity contribution in [1.82, 2.24) is 15.5 Å². The molecule has 0 bridgehead atoms. The maximum absolute atomic E-state index is 4.27. The molecule has 19 heavy (non-hydrogen) atoms. The summed E-state index contributed by atoms with van der Waals surface area (Å²) in [5, 5.41) is 6.78. The van der Waals surface area contributed by atoms with Gasteiger partial charge in [0.25, 0.3) is 0 Å². The zero-order chi connectivity index (χ0) is 14.1. The third-order valence-electron chi connectivity index (χ3n) is 3.56. The molecule has 1 rings (SSSR count). The highest BCUT2D eigenvalue weighted by Crippen LogP contribution is 2.16. The molecule has 4 nitrogen and oxygen atoms in total. The van der Waals surface area contributed by atoms with Crippen molar-refractivity contribution in [1.29, 1.82) is 0 Å². The van der Waals surface area contributed by atoms with Crippen molar-refractivity contribution in [3.8, 4) is 0 Å². The Balaban J connectivity index is 2.11. The van der Waals surface area contributed by atoms with Gasteiger partial charge in [-0.3, -0.25) is 4.99 Å². The van der Waals surface area contributed by atoms with Crippen LogP contribution in [-0.4, -0.2) is 50.6 Å². The average Bonchev–Trinajstić information content (AvgIpc) is 2.37. The summed E-state index contributed by atoms with van der Waals surface area (Å²) in [4.78, 5) is 6.81. The van der Waals surface area contributed by atoms with Crippen LogP contribution in [0.5, 0.6) is 0 Å². The molecule has 2 N–H and O–H groups in total. The lowest BCUT2D eigenvalue weighted by atomic mass is 9.92. The van der Waals surface area contributed by atoms with E-state index in [4.69, 9.17) is 0 Å². The molecule has 1 heterocycles. The van der Waals surface area contributed by atoms with Gasteiger partial charge in [0.05, 0.1) is 0 Å². The number of hydrogen-bond acceptors (Lipinski definition) is 2. The Morgan fingerprint density at radius 1 is 1.05 bits per heavy atom. The molecule has 1 aliphatic heterocycles. The summed E-state index contributed by atoms with van der Waals surface area (Å²) in [7, 11) is 1.84. The quantitative estimate of drug-likeness (QED) is 0.592. The highest BCUT2D eigenvalue weighted by molar-refractivity contribution is 5.79. The van der Waals surface area contributed by atoms with Crippen molar-refractivity contribution >= 4 is 5.96 Å². The van der Waals surface area contributed by atoms with E-state index < -0.39 is 0 Å². The molecular formula is C15H32N4. The summed E-state index contributed by atoms with van der Waals surface area (Å²) in [5.41, 5.74) is 0.375. The van der Waals surface area contributed by atoms with E-state index in [0.29, 0.717) is 5.41 Å². The van der Waals surface area contributed by atoms with Gasteiger partial charge < -0.3 is 15.5 Å². The summed E-state index contributed by atoms with van der Waals surface area (Å²) < 4.78 is 0. The largest absolute Gasteiger partial charge is 0.356 e. The van der Waals surface area contributed by atoms with Crippen molar-refractivity contribution in [2.45, 2.75) is 46.5 Å². The second kappa shape index (κ2) is 8.41. The van der Waals surface area contributed by atoms with E-state index in [1.807, 2.05) is 7.05 Å². The van der Waals surface area contributed by atoms with E-state index in [2.05, 4.69) is 41.3 Å². The van der Waals surface area contributed by atoms with Crippen molar-refractivity contribution in [2.24, 2.45) is 10.4 Å². The number of piperidine rings is 1. The minimum absolute atomic E-state index is 0.375. The molecule has 0 aliphatic carbocycles. The first-order valence-electron chi connectivity index (χ1n) is 7.68. The van der Waals surface area contributed by atoms with Gasteiger partial charge in [-0.15, -0.1) is 0 Å². The lowest BCUT2D eigenvalue weighted by Crippen LogP contribution is -2.43. The van der Waals surface area contributed by atoms with Crippen LogP contribution in [-0.2, 0) is 0 Å². The van der Waals surface area contributed by atoms with Crippen molar-refractivity contribution in [3.05, 3.63) is 0 Å². The Bertz CT molecular complexity index is 262. The highest BCUT2D eigenvalue weighted by Gasteiger charge is 2.11. The summed E-state index contributed by atoms with van der Waals surface area (Å²) >= 11 is 0. The van der Waals surface area contributed by atoms with E-state index in [9.17, 15) is 0 Å². The molecule has 0 aromatic rings. The molecule has 1 saturated heterocycles. The molecule has 0 radical (unpaired) electrons. The molecule has 1 fully saturated rings. The Hall–Kier alpha value is -0.770. The zero-order valence-corrected chi connectivity index (χ0v) is 13.3. The molecule has 112 valence electrons. The van der Waals surface area contributed by atoms with E-state index in [1.165, 1.54) is 32.4 Å². The summed E-state index contributed by atoms with van der Waals surface area (Å²) in [6.45, 7) is 12.4. The fraction of sp³-hybridized carbons (Fsp3) is 0.933. The molecule has 0 saturated carbocycles. The monoisotopic (exact) mass is 268 g/mol. The van der Waals surface area contributed by atoms with Crippen LogP contribution in [0.1, 0.15) is 46.5 Å². The van der Waals surface area contributed by atoms with Crippen LogP contribution >= 0.6 is 0 Å². The van der Waals surface area contributed by atoms with Crippen molar-refractivity contribution in [3.63, 3.8) is 0 Å². The van der Waals surface area contributed by atoms with Gasteiger partial charge >= 0.3 is 0 Å². The number of likely N-dealkylation sites (tertiary alicyclic amines) is 1. The van der Waals surface area contributed by atoms with Gasteiger partial charge in [-0.25, -0.2) is 0 Å². The molecule has 0 aromatic heterocycles. The highest BCUT2D eigenvalue weighted by atomic mass is 15.2. The van der Waals surface area contributed by atoms with Gasteiger partial charge in [0.2, 0.25) is 0 Å². The number of rotatable bonds is 5. The normalized spacial score (nSPS) is 18.4. The fourth-order valence-corrected chi connectivity index (χ4v) is 2.29. The lowest BCUT2D eigenvalue weighted by Gasteiger charge is -2.26. The summed E-state index contributed by atoms with van der Waals surface area (Å²) in [5.74, 6) is 0.932. The second-order valence-electron chi connectivity index (χ2n) is 6.64. The van der Waals surface area contributed by atoms with Crippen LogP contribution in [0.3, 0.4) is 0 Å². The molecule has 0 amide bonds. The first kappa shape index (κ1) is 16.3. The van der Waals surface area contributed by atoms with Gasteiger partial charge in [-0.2, -0.15) is 0 Å². The van der Waals surface area contributed by atoms with Crippen LogP contribution in [0.25, 0.3) is 0 Å². The average molecular weight is 268 g/mol. The van der Waals surface area contributed by atoms with Crippen LogP contribution < -0.4 is 10.6 Å². The minimum atomic E-state index is 0.375. The van der Waals surface area contributed by atoms with Crippen LogP contribution in [0.4, 0.5) is 0 Å². The minimum Gasteiger partial charge on any atom is -0.356 e. The number of guanidine groups is 1. The van der Waals surface area contributed by atoms with Gasteiger partial charge in [0.15, 0.2) is 5.96 Å². The summed E-state index contributed by atoms with van der Waals surface area (Å²) in [6.07, 6.45) is 5.27. The van der Waals surface area contributed by atoms with E-state index in [1.54, 1.807) is 0 Å². The first-order valence-corrected chi connectivity index (χ1v) is 7.68. The number of aliphatic imine (C=N–C) groups is 1. The molecule has 4 heteroatoms. The Morgan fingerprint density at radius 3 is 2.26 bits per heavy atom. The topological polar surface area (TPSA) is 39.7 Å². The van der Waals surface area contributed by atoms with Gasteiger partial charge in [-0.05, 0) is 37.8 Å². The predicted molar refractivity (Wildman–Crippen MR) is 83.7 cm³/mol. The fourth-order valence-electron chi connectivity index (χ4n) is 2.29. The zero-order valence-electron chi connectivity index (χ0n) is 13.3. The maximum atomic E-state index is 4.27. The van der Waals surface area contributed by atoms with E-state index in [0.717, 1.165) is 32.0 Å². The molecule has 1 aliphatic rings. The molecule has 0 spiro atoms. The first-order chi connectivity index (χ1) is 9.01. The number of nitrogens with zero attached hydrogens (tertiary/aromatic N) is 2. The van der Waals surface area contributed by atoms with E-state index >= 15 is 0 Å². The van der Waals surface area contributed by atoms with Crippen LogP contribution in [0.2, 0.25) is 0 Å². The lowest BCUT2D eigenvalue weighted by molar-refractivity contribution is 0.232. The van der Waals surface area contributed by atoms with Crippen molar-refractivity contribution in [2.75, 3.05) is 39.8 Å². The summed E-state index contributed by atoms with van der Waals surface area (Å²) in [6, 6.07) is 0. The second-order valence-corrected chi connectivity index (χ2v) is 6.64. The SMILES string of the molecule is CN=C(NCCN1CCCCC1)NCCC(C)(C)C. The molecule has 0 unspecified atom stereocenters. The van der Waals surface area contributed by atoms with E-state index in [-0.39, 0.29) is 0 Å². The third kappa shape index (κ3) is 8.09. The third-order valence-corrected chi connectivity index (χ3v) is 3.56. The Morgan fingerprint density at radius 2 is 1.68 bits per heavy atom. The Kier molecular flexibility index (Phi) is 7.21. The van der Waals surface area contributed by atoms with Crippen LogP contribution in [0, 0.1) is 5.41 Å². The smallest absolute Gasteiger partial charge is 0.191 e. The molecule has 0 aromatic carbocycles. The van der Waals surface area contributed by atoms with Gasteiger partial charge in [-0.1, -0.05) is 27.2 Å². The van der Waals surface area contributed by atoms with Gasteiger partial charge in [0.1, 0.15) is 0 Å². The number of nitrogens with one attached hydrogen (secondary N) is 2. The molecular weight excluding hydrogens is 236 g/mol. The maximum Gasteiger partial charge on any atom is 0.191 e. The Labute approximate surface area is 119 Å². The number of hydrogen-bond donors (Lipinski definition) is 2. The standard InChI is InChI=1S/C15H32N4/c1-15(2,3)8-9-17-14(16-4)18-10-13-19-11-6-5-7-12-19/h5-13H2,1-4H3,(H2,16,17,18).